The third-order valence-electron chi connectivity index (χ3n) is 4.28. The summed E-state index contributed by atoms with van der Waals surface area (Å²) >= 11 is 0. The van der Waals surface area contributed by atoms with Crippen molar-refractivity contribution in [2.45, 2.75) is 12.8 Å². The first-order valence-electron chi connectivity index (χ1n) is 8.43. The summed E-state index contributed by atoms with van der Waals surface area (Å²) in [5.41, 5.74) is 2.42. The maximum atomic E-state index is 12.4. The zero-order valence-corrected chi connectivity index (χ0v) is 15.0. The van der Waals surface area contributed by atoms with Gasteiger partial charge in [0.1, 0.15) is 17.6 Å². The van der Waals surface area contributed by atoms with E-state index in [2.05, 4.69) is 22.7 Å². The number of halogens is 3. The van der Waals surface area contributed by atoms with Crippen molar-refractivity contribution in [3.63, 3.8) is 0 Å². The Labute approximate surface area is 163 Å². The summed E-state index contributed by atoms with van der Waals surface area (Å²) in [6.07, 6.45) is -4.31. The Bertz CT molecular complexity index is 1010. The fourth-order valence-corrected chi connectivity index (χ4v) is 2.97. The van der Waals surface area contributed by atoms with E-state index in [0.29, 0.717) is 46.7 Å². The molecule has 0 radical (unpaired) electrons. The zero-order valence-electron chi connectivity index (χ0n) is 15.0. The number of carbonyl (C=O) groups is 1. The predicted octanol–water partition coefficient (Wildman–Crippen LogP) is 4.11. The summed E-state index contributed by atoms with van der Waals surface area (Å²) in [5.74, 6) is -1.04. The lowest BCUT2D eigenvalue weighted by Gasteiger charge is -2.16. The molecule has 0 unspecified atom stereocenters. The molecule has 2 aromatic rings. The number of nitrogens with one attached hydrogen (secondary N) is 1. The maximum absolute atomic E-state index is 12.4. The molecule has 0 saturated carbocycles. The highest BCUT2D eigenvalue weighted by atomic mass is 19.4. The number of carboxylic acid groups (broad SMARTS) is 1. The molecule has 29 heavy (non-hydrogen) atoms. The fraction of sp³-hybridized carbons (Fsp3) is 0.200. The van der Waals surface area contributed by atoms with Gasteiger partial charge in [0, 0.05) is 29.7 Å². The Morgan fingerprint density at radius 3 is 2.62 bits per heavy atom. The Morgan fingerprint density at radius 1 is 1.34 bits per heavy atom. The second-order valence-corrected chi connectivity index (χ2v) is 6.20. The van der Waals surface area contributed by atoms with Crippen LogP contribution in [0.2, 0.25) is 0 Å². The van der Waals surface area contributed by atoms with Crippen molar-refractivity contribution >= 4 is 11.7 Å². The second-order valence-electron chi connectivity index (χ2n) is 6.20. The smallest absolute Gasteiger partial charge is 0.492 e. The third-order valence-corrected chi connectivity index (χ3v) is 4.28. The largest absolute Gasteiger partial charge is 0.573 e. The molecule has 0 fully saturated rings. The first kappa shape index (κ1) is 20.1. The van der Waals surface area contributed by atoms with Crippen molar-refractivity contribution in [3.8, 4) is 28.7 Å². The minimum Gasteiger partial charge on any atom is -0.492 e. The van der Waals surface area contributed by atoms with Gasteiger partial charge in [0.05, 0.1) is 17.9 Å². The number of benzene rings is 2. The number of rotatable bonds is 6. The first-order chi connectivity index (χ1) is 13.7. The van der Waals surface area contributed by atoms with Gasteiger partial charge in [0.25, 0.3) is 0 Å². The molecule has 2 N–H and O–H groups in total. The molecular weight excluding hydrogens is 389 g/mol. The van der Waals surface area contributed by atoms with Crippen LogP contribution in [-0.4, -0.2) is 30.6 Å². The first-order valence-corrected chi connectivity index (χ1v) is 8.43. The fourth-order valence-electron chi connectivity index (χ4n) is 2.97. The summed E-state index contributed by atoms with van der Waals surface area (Å²) < 4.78 is 46.6. The number of fused-ring (bicyclic) bond motifs is 1. The van der Waals surface area contributed by atoms with E-state index in [-0.39, 0.29) is 17.9 Å². The quantitative estimate of drug-likeness (QED) is 0.704. The van der Waals surface area contributed by atoms with Gasteiger partial charge in [0.15, 0.2) is 0 Å². The van der Waals surface area contributed by atoms with Crippen LogP contribution in [0, 0.1) is 11.3 Å². The zero-order chi connectivity index (χ0) is 21.2. The van der Waals surface area contributed by atoms with E-state index in [1.165, 1.54) is 24.3 Å². The van der Waals surface area contributed by atoms with Gasteiger partial charge in [-0.05, 0) is 23.8 Å². The van der Waals surface area contributed by atoms with E-state index < -0.39 is 12.3 Å². The molecule has 150 valence electrons. The van der Waals surface area contributed by atoms with Crippen LogP contribution in [0.5, 0.6) is 11.5 Å². The number of hydrogen-bond acceptors (Lipinski definition) is 5. The molecule has 1 heterocycles. The molecule has 6 nitrogen and oxygen atoms in total. The van der Waals surface area contributed by atoms with Gasteiger partial charge in [-0.15, -0.1) is 13.2 Å². The van der Waals surface area contributed by atoms with Crippen LogP contribution >= 0.6 is 0 Å². The normalized spacial score (nSPS) is 12.5. The SMILES string of the molecule is C=C(CNc1cc(-c2ccc(OC(F)(F)F)cc2)c2c(c1C#N)CCO2)C(=O)O. The van der Waals surface area contributed by atoms with E-state index >= 15 is 0 Å². The summed E-state index contributed by atoms with van der Waals surface area (Å²) in [7, 11) is 0. The van der Waals surface area contributed by atoms with Gasteiger partial charge < -0.3 is 19.9 Å². The molecule has 0 spiro atoms. The number of nitriles is 1. The van der Waals surface area contributed by atoms with Gasteiger partial charge in [-0.2, -0.15) is 5.26 Å². The summed E-state index contributed by atoms with van der Waals surface area (Å²) in [4.78, 5) is 11.0. The van der Waals surface area contributed by atoms with Crippen molar-refractivity contribution in [1.29, 1.82) is 5.26 Å². The van der Waals surface area contributed by atoms with Gasteiger partial charge in [-0.3, -0.25) is 0 Å². The highest BCUT2D eigenvalue weighted by Gasteiger charge is 2.31. The van der Waals surface area contributed by atoms with Crippen molar-refractivity contribution in [2.75, 3.05) is 18.5 Å². The summed E-state index contributed by atoms with van der Waals surface area (Å²) in [5, 5.41) is 21.4. The molecule has 0 atom stereocenters. The third kappa shape index (κ3) is 4.43. The Kier molecular flexibility index (Phi) is 5.37. The Hall–Kier alpha value is -3.67. The molecule has 0 aromatic heterocycles. The number of anilines is 1. The molecule has 3 rings (SSSR count). The molecular formula is C20H15F3N2O4. The summed E-state index contributed by atoms with van der Waals surface area (Å²) in [6, 6.07) is 8.97. The molecule has 9 heteroatoms. The van der Waals surface area contributed by atoms with Crippen molar-refractivity contribution in [1.82, 2.24) is 0 Å². The average molecular weight is 404 g/mol. The van der Waals surface area contributed by atoms with Crippen LogP contribution in [0.4, 0.5) is 18.9 Å². The number of carboxylic acids is 1. The van der Waals surface area contributed by atoms with Crippen molar-refractivity contribution in [3.05, 3.63) is 53.6 Å². The number of aliphatic carboxylic acids is 1. The number of alkyl halides is 3. The van der Waals surface area contributed by atoms with Crippen LogP contribution in [0.1, 0.15) is 11.1 Å². The van der Waals surface area contributed by atoms with Crippen molar-refractivity contribution < 1.29 is 32.5 Å². The average Bonchev–Trinajstić information content (AvgIpc) is 3.14. The molecule has 0 saturated heterocycles. The van der Waals surface area contributed by atoms with E-state index in [9.17, 15) is 23.2 Å². The van der Waals surface area contributed by atoms with Gasteiger partial charge in [-0.1, -0.05) is 18.7 Å². The van der Waals surface area contributed by atoms with Crippen LogP contribution in [0.15, 0.2) is 42.5 Å². The van der Waals surface area contributed by atoms with Crippen molar-refractivity contribution in [2.24, 2.45) is 0 Å². The minimum absolute atomic E-state index is 0.0819. The van der Waals surface area contributed by atoms with Gasteiger partial charge >= 0.3 is 12.3 Å². The van der Waals surface area contributed by atoms with Gasteiger partial charge in [-0.25, -0.2) is 4.79 Å². The molecule has 0 bridgehead atoms. The van der Waals surface area contributed by atoms with E-state index in [0.717, 1.165) is 0 Å². The van der Waals surface area contributed by atoms with E-state index in [1.807, 2.05) is 0 Å². The predicted molar refractivity (Wildman–Crippen MR) is 97.7 cm³/mol. The lowest BCUT2D eigenvalue weighted by molar-refractivity contribution is -0.274. The molecule has 0 aliphatic carbocycles. The van der Waals surface area contributed by atoms with E-state index in [4.69, 9.17) is 9.84 Å². The minimum atomic E-state index is -4.79. The van der Waals surface area contributed by atoms with Crippen LogP contribution < -0.4 is 14.8 Å². The number of nitrogens with zero attached hydrogens (tertiary/aromatic N) is 1. The van der Waals surface area contributed by atoms with Crippen LogP contribution in [0.3, 0.4) is 0 Å². The molecule has 1 aliphatic rings. The monoisotopic (exact) mass is 404 g/mol. The molecule has 1 aliphatic heterocycles. The lowest BCUT2D eigenvalue weighted by Crippen LogP contribution is -2.16. The Morgan fingerprint density at radius 2 is 2.03 bits per heavy atom. The number of hydrogen-bond donors (Lipinski definition) is 2. The van der Waals surface area contributed by atoms with Gasteiger partial charge in [0.2, 0.25) is 0 Å². The van der Waals surface area contributed by atoms with Crippen LogP contribution in [0.25, 0.3) is 11.1 Å². The molecule has 2 aromatic carbocycles. The lowest BCUT2D eigenvalue weighted by atomic mass is 9.95. The Balaban J connectivity index is 1.99. The highest BCUT2D eigenvalue weighted by Crippen LogP contribution is 2.42. The summed E-state index contributed by atoms with van der Waals surface area (Å²) in [6.45, 7) is 3.72. The number of ether oxygens (including phenoxy) is 2. The maximum Gasteiger partial charge on any atom is 0.573 e. The standard InChI is InChI=1S/C20H15F3N2O4/c1-11(19(26)27)10-25-17-8-15(18-14(6-7-28-18)16(17)9-24)12-2-4-13(5-3-12)29-20(21,22)23/h2-5,8,25H,1,6-7,10H2,(H,26,27). The second kappa shape index (κ2) is 7.75. The highest BCUT2D eigenvalue weighted by molar-refractivity contribution is 5.87. The van der Waals surface area contributed by atoms with E-state index in [1.54, 1.807) is 6.07 Å². The van der Waals surface area contributed by atoms with Crippen LogP contribution in [-0.2, 0) is 11.2 Å². The molecule has 0 amide bonds. The topological polar surface area (TPSA) is 91.6 Å².